The highest BCUT2D eigenvalue weighted by Crippen LogP contribution is 1.82. The Bertz CT molecular complexity index is 241. The van der Waals surface area contributed by atoms with Crippen LogP contribution in [0.2, 0.25) is 0 Å². The third-order valence-electron chi connectivity index (χ3n) is 1.21. The van der Waals surface area contributed by atoms with Crippen LogP contribution in [0.1, 0.15) is 6.42 Å². The lowest BCUT2D eigenvalue weighted by Gasteiger charge is -2.03. The van der Waals surface area contributed by atoms with Crippen molar-refractivity contribution in [3.05, 3.63) is 0 Å². The Balaban J connectivity index is 3.67. The summed E-state index contributed by atoms with van der Waals surface area (Å²) in [4.78, 5) is 0. The Morgan fingerprint density at radius 1 is 1.42 bits per heavy atom. The van der Waals surface area contributed by atoms with E-state index in [4.69, 9.17) is 6.42 Å². The fraction of sp³-hybridized carbons (Fsp3) is 0.714. The van der Waals surface area contributed by atoms with Crippen LogP contribution in [0.3, 0.4) is 0 Å². The summed E-state index contributed by atoms with van der Waals surface area (Å²) in [5.74, 6) is 2.45. The smallest absolute Gasteiger partial charge is 0.212 e. The summed E-state index contributed by atoms with van der Waals surface area (Å²) in [6, 6.07) is 0. The molecule has 0 atom stereocenters. The van der Waals surface area contributed by atoms with Crippen LogP contribution in [-0.4, -0.2) is 34.3 Å². The molecule has 5 heteroatoms. The van der Waals surface area contributed by atoms with Crippen molar-refractivity contribution in [3.63, 3.8) is 0 Å². The number of rotatable bonds is 6. The summed E-state index contributed by atoms with van der Waals surface area (Å²) in [6.07, 6.45) is 5.39. The molecule has 0 heterocycles. The molecule has 0 aromatic carbocycles. The minimum Gasteiger partial charge on any atom is -0.319 e. The average Bonchev–Trinajstić information content (AvgIpc) is 2.01. The fourth-order valence-corrected chi connectivity index (χ4v) is 1.62. The number of hydrogen-bond acceptors (Lipinski definition) is 3. The van der Waals surface area contributed by atoms with Crippen molar-refractivity contribution in [2.24, 2.45) is 0 Å². The molecule has 0 bridgehead atoms. The highest BCUT2D eigenvalue weighted by molar-refractivity contribution is 7.89. The van der Waals surface area contributed by atoms with Crippen molar-refractivity contribution in [1.82, 2.24) is 10.0 Å². The number of sulfonamides is 1. The maximum atomic E-state index is 11.0. The first-order valence-electron chi connectivity index (χ1n) is 3.68. The normalized spacial score (nSPS) is 11.0. The average molecular weight is 190 g/mol. The molecule has 0 aliphatic carbocycles. The van der Waals surface area contributed by atoms with E-state index in [-0.39, 0.29) is 5.75 Å². The van der Waals surface area contributed by atoms with Crippen molar-refractivity contribution in [1.29, 1.82) is 0 Å². The molecule has 0 unspecified atom stereocenters. The fourth-order valence-electron chi connectivity index (χ4n) is 0.587. The number of terminal acetylenes is 1. The molecule has 0 fully saturated rings. The van der Waals surface area contributed by atoms with Crippen LogP contribution in [0.5, 0.6) is 0 Å². The molecule has 0 saturated heterocycles. The molecule has 0 aromatic rings. The molecule has 0 aliphatic heterocycles. The van der Waals surface area contributed by atoms with Crippen LogP contribution < -0.4 is 10.0 Å². The minimum atomic E-state index is -3.12. The second-order valence-electron chi connectivity index (χ2n) is 2.27. The predicted molar refractivity (Wildman–Crippen MR) is 49.2 cm³/mol. The first-order chi connectivity index (χ1) is 5.62. The van der Waals surface area contributed by atoms with Crippen LogP contribution in [0.4, 0.5) is 0 Å². The molecule has 70 valence electrons. The Labute approximate surface area is 73.8 Å². The van der Waals surface area contributed by atoms with E-state index < -0.39 is 10.0 Å². The van der Waals surface area contributed by atoms with Crippen LogP contribution in [0.25, 0.3) is 0 Å². The van der Waals surface area contributed by atoms with Crippen LogP contribution in [0.15, 0.2) is 0 Å². The van der Waals surface area contributed by atoms with Gasteiger partial charge in [-0.2, -0.15) is 0 Å². The highest BCUT2D eigenvalue weighted by Gasteiger charge is 2.06. The van der Waals surface area contributed by atoms with Crippen LogP contribution >= 0.6 is 0 Å². The Morgan fingerprint density at radius 2 is 2.08 bits per heavy atom. The highest BCUT2D eigenvalue weighted by atomic mass is 32.2. The van der Waals surface area contributed by atoms with E-state index in [0.717, 1.165) is 0 Å². The molecule has 2 N–H and O–H groups in total. The van der Waals surface area contributed by atoms with E-state index in [1.54, 1.807) is 7.05 Å². The standard InChI is InChI=1S/C7H14N2O2S/c1-3-4-5-9-12(10,11)7-6-8-2/h1,8-9H,4-7H2,2H3. The van der Waals surface area contributed by atoms with Gasteiger partial charge in [-0.25, -0.2) is 13.1 Å². The molecule has 0 saturated carbocycles. The second-order valence-corrected chi connectivity index (χ2v) is 4.20. The minimum absolute atomic E-state index is 0.0913. The van der Waals surface area contributed by atoms with Gasteiger partial charge in [0.2, 0.25) is 10.0 Å². The zero-order valence-corrected chi connectivity index (χ0v) is 7.95. The predicted octanol–water partition coefficient (Wildman–Crippen LogP) is -0.851. The SMILES string of the molecule is C#CCCNS(=O)(=O)CCNC. The Kier molecular flexibility index (Phi) is 5.72. The lowest BCUT2D eigenvalue weighted by Crippen LogP contribution is -2.31. The summed E-state index contributed by atoms with van der Waals surface area (Å²) in [6.45, 7) is 0.772. The molecule has 0 radical (unpaired) electrons. The topological polar surface area (TPSA) is 58.2 Å². The summed E-state index contributed by atoms with van der Waals surface area (Å²) >= 11 is 0. The van der Waals surface area contributed by atoms with Crippen LogP contribution in [-0.2, 0) is 10.0 Å². The van der Waals surface area contributed by atoms with E-state index in [1.165, 1.54) is 0 Å². The van der Waals surface area contributed by atoms with Gasteiger partial charge in [0.1, 0.15) is 0 Å². The number of hydrogen-bond donors (Lipinski definition) is 2. The van der Waals surface area contributed by atoms with Gasteiger partial charge < -0.3 is 5.32 Å². The van der Waals surface area contributed by atoms with Crippen molar-refractivity contribution in [3.8, 4) is 12.3 Å². The summed E-state index contributed by atoms with van der Waals surface area (Å²) in [7, 11) is -1.42. The van der Waals surface area contributed by atoms with Gasteiger partial charge in [0.25, 0.3) is 0 Å². The third-order valence-corrected chi connectivity index (χ3v) is 2.60. The van der Waals surface area contributed by atoms with E-state index in [0.29, 0.717) is 19.5 Å². The van der Waals surface area contributed by atoms with Gasteiger partial charge in [-0.3, -0.25) is 0 Å². The molecule has 0 spiro atoms. The summed E-state index contributed by atoms with van der Waals surface area (Å²) in [5.41, 5.74) is 0. The Hall–Kier alpha value is -0.570. The molecular formula is C7H14N2O2S. The molecular weight excluding hydrogens is 176 g/mol. The van der Waals surface area contributed by atoms with Crippen molar-refractivity contribution in [2.75, 3.05) is 25.9 Å². The molecule has 0 aromatic heterocycles. The maximum absolute atomic E-state index is 11.0. The molecule has 0 amide bonds. The summed E-state index contributed by atoms with van der Waals surface area (Å²) in [5, 5.41) is 2.75. The lowest BCUT2D eigenvalue weighted by atomic mass is 10.5. The van der Waals surface area contributed by atoms with E-state index in [1.807, 2.05) is 0 Å². The maximum Gasteiger partial charge on any atom is 0.212 e. The van der Waals surface area contributed by atoms with Gasteiger partial charge in [-0.05, 0) is 7.05 Å². The monoisotopic (exact) mass is 190 g/mol. The van der Waals surface area contributed by atoms with Gasteiger partial charge in [0.15, 0.2) is 0 Å². The molecule has 0 aliphatic rings. The first kappa shape index (κ1) is 11.4. The van der Waals surface area contributed by atoms with Gasteiger partial charge in [-0.1, -0.05) is 0 Å². The first-order valence-corrected chi connectivity index (χ1v) is 5.33. The van der Waals surface area contributed by atoms with Gasteiger partial charge in [0.05, 0.1) is 5.75 Å². The van der Waals surface area contributed by atoms with E-state index >= 15 is 0 Å². The second kappa shape index (κ2) is 6.00. The quantitative estimate of drug-likeness (QED) is 0.423. The zero-order valence-electron chi connectivity index (χ0n) is 7.13. The van der Waals surface area contributed by atoms with Crippen LogP contribution in [0, 0.1) is 12.3 Å². The van der Waals surface area contributed by atoms with Crippen molar-refractivity contribution in [2.45, 2.75) is 6.42 Å². The van der Waals surface area contributed by atoms with Crippen molar-refractivity contribution < 1.29 is 8.42 Å². The van der Waals surface area contributed by atoms with Gasteiger partial charge in [-0.15, -0.1) is 12.3 Å². The van der Waals surface area contributed by atoms with Gasteiger partial charge in [0, 0.05) is 19.5 Å². The third kappa shape index (κ3) is 6.16. The lowest BCUT2D eigenvalue weighted by molar-refractivity contribution is 0.580. The van der Waals surface area contributed by atoms with Crippen molar-refractivity contribution >= 4 is 10.0 Å². The Morgan fingerprint density at radius 3 is 2.58 bits per heavy atom. The number of nitrogens with one attached hydrogen (secondary N) is 2. The summed E-state index contributed by atoms with van der Waals surface area (Å²) < 4.78 is 24.5. The zero-order chi connectivity index (χ0) is 9.45. The molecule has 12 heavy (non-hydrogen) atoms. The van der Waals surface area contributed by atoms with E-state index in [2.05, 4.69) is 16.0 Å². The van der Waals surface area contributed by atoms with Gasteiger partial charge >= 0.3 is 0 Å². The van der Waals surface area contributed by atoms with E-state index in [9.17, 15) is 8.42 Å². The molecule has 4 nitrogen and oxygen atoms in total. The molecule has 0 rings (SSSR count). The largest absolute Gasteiger partial charge is 0.319 e.